The lowest BCUT2D eigenvalue weighted by Crippen LogP contribution is -2.34. The standard InChI is InChI=1S/C23H27N5O2S/c1-17-19-21(24-10-5-9-18-7-3-2-4-8-18)25-15-26-22(19)31-20(17)23(30)28-12-6-11-27(16-29)13-14-28/h2-4,7-8,15-16H,5-6,9-14H2,1H3,(H,24,25,26). The van der Waals surface area contributed by atoms with E-state index in [1.165, 1.54) is 16.9 Å². The van der Waals surface area contributed by atoms with E-state index >= 15 is 0 Å². The molecule has 1 aliphatic rings. The average molecular weight is 438 g/mol. The largest absolute Gasteiger partial charge is 0.369 e. The van der Waals surface area contributed by atoms with Gasteiger partial charge in [-0.05, 0) is 37.3 Å². The van der Waals surface area contributed by atoms with Gasteiger partial charge in [0.1, 0.15) is 17.0 Å². The number of fused-ring (bicyclic) bond motifs is 1. The van der Waals surface area contributed by atoms with Crippen LogP contribution in [0.5, 0.6) is 0 Å². The Morgan fingerprint density at radius 2 is 2.00 bits per heavy atom. The summed E-state index contributed by atoms with van der Waals surface area (Å²) in [6, 6.07) is 10.4. The molecule has 162 valence electrons. The summed E-state index contributed by atoms with van der Waals surface area (Å²) in [6.45, 7) is 5.26. The molecular weight excluding hydrogens is 410 g/mol. The number of thiophene rings is 1. The van der Waals surface area contributed by atoms with E-state index < -0.39 is 0 Å². The van der Waals surface area contributed by atoms with Crippen LogP contribution in [0.3, 0.4) is 0 Å². The summed E-state index contributed by atoms with van der Waals surface area (Å²) in [6.07, 6.45) is 5.21. The maximum atomic E-state index is 13.2. The fourth-order valence-electron chi connectivity index (χ4n) is 3.94. The molecule has 0 radical (unpaired) electrons. The van der Waals surface area contributed by atoms with Gasteiger partial charge in [0.05, 0.1) is 10.3 Å². The van der Waals surface area contributed by atoms with Crippen molar-refractivity contribution in [1.29, 1.82) is 0 Å². The number of aromatic nitrogens is 2. The predicted molar refractivity (Wildman–Crippen MR) is 124 cm³/mol. The molecule has 0 aliphatic carbocycles. The van der Waals surface area contributed by atoms with Crippen molar-refractivity contribution < 1.29 is 9.59 Å². The Hall–Kier alpha value is -3.00. The SMILES string of the molecule is Cc1c(C(=O)N2CCCN(C=O)CC2)sc2ncnc(NCCCc3ccccc3)c12. The van der Waals surface area contributed by atoms with E-state index in [2.05, 4.69) is 39.6 Å². The Morgan fingerprint density at radius 3 is 2.81 bits per heavy atom. The highest BCUT2D eigenvalue weighted by Crippen LogP contribution is 2.34. The van der Waals surface area contributed by atoms with Gasteiger partial charge in [-0.3, -0.25) is 9.59 Å². The number of nitrogens with zero attached hydrogens (tertiary/aromatic N) is 4. The van der Waals surface area contributed by atoms with E-state index in [0.717, 1.165) is 53.8 Å². The third-order valence-corrected chi connectivity index (χ3v) is 6.85. The van der Waals surface area contributed by atoms with Crippen molar-refractivity contribution in [3.63, 3.8) is 0 Å². The van der Waals surface area contributed by atoms with Crippen LogP contribution in [0.2, 0.25) is 0 Å². The summed E-state index contributed by atoms with van der Waals surface area (Å²) in [7, 11) is 0. The molecule has 0 unspecified atom stereocenters. The third-order valence-electron chi connectivity index (χ3n) is 5.67. The maximum Gasteiger partial charge on any atom is 0.264 e. The number of aryl methyl sites for hydroxylation is 2. The molecule has 1 fully saturated rings. The maximum absolute atomic E-state index is 13.2. The van der Waals surface area contributed by atoms with Crippen LogP contribution < -0.4 is 5.32 Å². The van der Waals surface area contributed by atoms with Crippen LogP contribution in [0.15, 0.2) is 36.7 Å². The Bertz CT molecular complexity index is 1050. The van der Waals surface area contributed by atoms with E-state index in [1.807, 2.05) is 17.9 Å². The van der Waals surface area contributed by atoms with Crippen LogP contribution in [0.4, 0.5) is 5.82 Å². The lowest BCUT2D eigenvalue weighted by atomic mass is 10.1. The molecule has 2 aromatic heterocycles. The minimum Gasteiger partial charge on any atom is -0.369 e. The van der Waals surface area contributed by atoms with Gasteiger partial charge in [-0.25, -0.2) is 9.97 Å². The van der Waals surface area contributed by atoms with E-state index in [-0.39, 0.29) is 5.91 Å². The van der Waals surface area contributed by atoms with Crippen molar-refractivity contribution in [1.82, 2.24) is 19.8 Å². The number of anilines is 1. The number of hydrogen-bond donors (Lipinski definition) is 1. The van der Waals surface area contributed by atoms with Gasteiger partial charge in [0, 0.05) is 32.7 Å². The van der Waals surface area contributed by atoms with E-state index in [0.29, 0.717) is 31.1 Å². The molecule has 1 N–H and O–H groups in total. The number of hydrogen-bond acceptors (Lipinski definition) is 6. The molecular formula is C23H27N5O2S. The molecule has 0 spiro atoms. The van der Waals surface area contributed by atoms with E-state index in [4.69, 9.17) is 0 Å². The number of nitrogens with one attached hydrogen (secondary N) is 1. The van der Waals surface area contributed by atoms with Crippen molar-refractivity contribution in [2.45, 2.75) is 26.2 Å². The minimum absolute atomic E-state index is 0.0169. The van der Waals surface area contributed by atoms with Crippen LogP contribution in [0.1, 0.15) is 33.6 Å². The minimum atomic E-state index is 0.0169. The molecule has 3 aromatic rings. The van der Waals surface area contributed by atoms with Crippen LogP contribution in [0, 0.1) is 6.92 Å². The van der Waals surface area contributed by atoms with Crippen LogP contribution >= 0.6 is 11.3 Å². The zero-order valence-corrected chi connectivity index (χ0v) is 18.5. The van der Waals surface area contributed by atoms with E-state index in [1.54, 1.807) is 11.2 Å². The zero-order valence-electron chi connectivity index (χ0n) is 17.7. The van der Waals surface area contributed by atoms with Crippen LogP contribution in [-0.4, -0.2) is 64.8 Å². The smallest absolute Gasteiger partial charge is 0.264 e. The van der Waals surface area contributed by atoms with Crippen molar-refractivity contribution in [2.75, 3.05) is 38.0 Å². The molecule has 0 atom stereocenters. The molecule has 1 saturated heterocycles. The molecule has 3 heterocycles. The van der Waals surface area contributed by atoms with Gasteiger partial charge >= 0.3 is 0 Å². The Kier molecular flexibility index (Phi) is 6.76. The number of benzene rings is 1. The molecule has 0 bridgehead atoms. The van der Waals surface area contributed by atoms with Gasteiger partial charge < -0.3 is 15.1 Å². The summed E-state index contributed by atoms with van der Waals surface area (Å²) >= 11 is 1.42. The lowest BCUT2D eigenvalue weighted by Gasteiger charge is -2.20. The van der Waals surface area contributed by atoms with Crippen molar-refractivity contribution in [2.24, 2.45) is 0 Å². The molecule has 31 heavy (non-hydrogen) atoms. The number of carbonyl (C=O) groups excluding carboxylic acids is 2. The quantitative estimate of drug-likeness (QED) is 0.453. The first kappa shape index (κ1) is 21.2. The lowest BCUT2D eigenvalue weighted by molar-refractivity contribution is -0.118. The molecule has 8 heteroatoms. The fourth-order valence-corrected chi connectivity index (χ4v) is 5.06. The third kappa shape index (κ3) is 4.85. The Morgan fingerprint density at radius 1 is 1.16 bits per heavy atom. The first-order valence-corrected chi connectivity index (χ1v) is 11.5. The van der Waals surface area contributed by atoms with Crippen molar-refractivity contribution >= 4 is 39.7 Å². The summed E-state index contributed by atoms with van der Waals surface area (Å²) in [5.74, 6) is 0.803. The van der Waals surface area contributed by atoms with Crippen molar-refractivity contribution in [3.8, 4) is 0 Å². The normalized spacial score (nSPS) is 14.5. The first-order valence-electron chi connectivity index (χ1n) is 10.7. The first-order chi connectivity index (χ1) is 15.2. The second-order valence-electron chi connectivity index (χ2n) is 7.76. The predicted octanol–water partition coefficient (Wildman–Crippen LogP) is 3.35. The fraction of sp³-hybridized carbons (Fsp3) is 0.391. The summed E-state index contributed by atoms with van der Waals surface area (Å²) in [5, 5.41) is 4.37. The summed E-state index contributed by atoms with van der Waals surface area (Å²) in [4.78, 5) is 38.3. The molecule has 7 nitrogen and oxygen atoms in total. The highest BCUT2D eigenvalue weighted by molar-refractivity contribution is 7.20. The average Bonchev–Trinajstić information content (AvgIpc) is 2.98. The van der Waals surface area contributed by atoms with Crippen molar-refractivity contribution in [3.05, 3.63) is 52.7 Å². The Balaban J connectivity index is 1.47. The zero-order chi connectivity index (χ0) is 21.6. The van der Waals surface area contributed by atoms with Gasteiger partial charge in [-0.15, -0.1) is 11.3 Å². The molecule has 4 rings (SSSR count). The highest BCUT2D eigenvalue weighted by Gasteiger charge is 2.25. The topological polar surface area (TPSA) is 78.4 Å². The number of carbonyl (C=O) groups is 2. The second kappa shape index (κ2) is 9.87. The molecule has 2 amide bonds. The second-order valence-corrected chi connectivity index (χ2v) is 8.76. The van der Waals surface area contributed by atoms with Crippen LogP contribution in [0.25, 0.3) is 10.2 Å². The number of amides is 2. The van der Waals surface area contributed by atoms with Gasteiger partial charge in [-0.2, -0.15) is 0 Å². The van der Waals surface area contributed by atoms with Gasteiger partial charge in [0.25, 0.3) is 5.91 Å². The summed E-state index contributed by atoms with van der Waals surface area (Å²) in [5.41, 5.74) is 2.25. The highest BCUT2D eigenvalue weighted by atomic mass is 32.1. The molecule has 1 aromatic carbocycles. The monoisotopic (exact) mass is 437 g/mol. The van der Waals surface area contributed by atoms with Gasteiger partial charge in [0.15, 0.2) is 0 Å². The van der Waals surface area contributed by atoms with Gasteiger partial charge in [-0.1, -0.05) is 30.3 Å². The summed E-state index contributed by atoms with van der Waals surface area (Å²) < 4.78 is 0. The van der Waals surface area contributed by atoms with Gasteiger partial charge in [0.2, 0.25) is 6.41 Å². The molecule has 1 aliphatic heterocycles. The number of rotatable bonds is 7. The van der Waals surface area contributed by atoms with E-state index in [9.17, 15) is 9.59 Å². The Labute approximate surface area is 186 Å². The van der Waals surface area contributed by atoms with Crippen LogP contribution in [-0.2, 0) is 11.2 Å². The molecule has 0 saturated carbocycles.